The number of anilines is 3. The molecule has 51 heavy (non-hydrogen) atoms. The van der Waals surface area contributed by atoms with Gasteiger partial charge in [0, 0.05) is 27.5 Å². The van der Waals surface area contributed by atoms with Crippen LogP contribution >= 0.6 is 11.3 Å². The predicted molar refractivity (Wildman–Crippen MR) is 218 cm³/mol. The van der Waals surface area contributed by atoms with Gasteiger partial charge >= 0.3 is 0 Å². The molecule has 8 aromatic carbocycles. The van der Waals surface area contributed by atoms with Crippen LogP contribution < -0.4 is 4.90 Å². The summed E-state index contributed by atoms with van der Waals surface area (Å²) in [7, 11) is 0. The second kappa shape index (κ2) is 12.2. The molecule has 0 unspecified atom stereocenters. The van der Waals surface area contributed by atoms with Gasteiger partial charge in [0.05, 0.1) is 10.4 Å². The molecule has 0 aliphatic rings. The summed E-state index contributed by atoms with van der Waals surface area (Å²) in [6.07, 6.45) is 0. The molecule has 10 rings (SSSR count). The molecule has 0 N–H and O–H groups in total. The fourth-order valence-electron chi connectivity index (χ4n) is 7.40. The molecule has 0 aliphatic carbocycles. The number of para-hydroxylation sites is 1. The van der Waals surface area contributed by atoms with E-state index in [1.165, 1.54) is 54.2 Å². The maximum atomic E-state index is 6.15. The number of nitrogens with zero attached hydrogens (tertiary/aromatic N) is 1. The third kappa shape index (κ3) is 5.18. The van der Waals surface area contributed by atoms with Gasteiger partial charge in [0.15, 0.2) is 0 Å². The molecule has 2 heterocycles. The molecule has 0 bridgehead atoms. The molecule has 0 atom stereocenters. The second-order valence-corrected chi connectivity index (χ2v) is 13.9. The van der Waals surface area contributed by atoms with E-state index < -0.39 is 0 Å². The standard InChI is InChI=1S/C48H31NOS/c1-2-8-32(9-3-1)34-16-21-39(22-17-34)49(40-23-18-35(19-24-40)37-15-14-33-10-4-5-11-36(33)30-37)45-26-25-41(43-28-29-51-48(43)45)38-20-27-47-44(31-38)42-12-6-7-13-46(42)50-47/h1-31H. The van der Waals surface area contributed by atoms with Gasteiger partial charge in [0.1, 0.15) is 11.2 Å². The minimum Gasteiger partial charge on any atom is -0.456 e. The Morgan fingerprint density at radius 2 is 1.02 bits per heavy atom. The van der Waals surface area contributed by atoms with Gasteiger partial charge in [-0.2, -0.15) is 0 Å². The average molecular weight is 670 g/mol. The minimum atomic E-state index is 0.912. The van der Waals surface area contributed by atoms with Crippen LogP contribution in [0.15, 0.2) is 192 Å². The molecule has 0 aliphatic heterocycles. The Morgan fingerprint density at radius 3 is 1.82 bits per heavy atom. The van der Waals surface area contributed by atoms with E-state index in [9.17, 15) is 0 Å². The molecule has 10 aromatic rings. The summed E-state index contributed by atoms with van der Waals surface area (Å²) in [5, 5.41) is 8.24. The van der Waals surface area contributed by atoms with Crippen LogP contribution in [-0.4, -0.2) is 0 Å². The topological polar surface area (TPSA) is 16.4 Å². The molecule has 0 fully saturated rings. The van der Waals surface area contributed by atoms with Crippen LogP contribution in [0, 0.1) is 0 Å². The van der Waals surface area contributed by atoms with E-state index in [2.05, 4.69) is 180 Å². The number of furan rings is 1. The van der Waals surface area contributed by atoms with Gasteiger partial charge in [-0.1, -0.05) is 121 Å². The molecule has 0 saturated heterocycles. The number of rotatable bonds is 6. The van der Waals surface area contributed by atoms with Gasteiger partial charge in [0.2, 0.25) is 0 Å². The zero-order valence-corrected chi connectivity index (χ0v) is 28.5. The van der Waals surface area contributed by atoms with Gasteiger partial charge in [-0.3, -0.25) is 0 Å². The van der Waals surface area contributed by atoms with E-state index in [-0.39, 0.29) is 0 Å². The monoisotopic (exact) mass is 669 g/mol. The summed E-state index contributed by atoms with van der Waals surface area (Å²) >= 11 is 1.79. The third-order valence-corrected chi connectivity index (χ3v) is 10.9. The average Bonchev–Trinajstić information content (AvgIpc) is 3.84. The zero-order chi connectivity index (χ0) is 33.7. The lowest BCUT2D eigenvalue weighted by Crippen LogP contribution is -2.10. The van der Waals surface area contributed by atoms with Crippen molar-refractivity contribution in [2.45, 2.75) is 0 Å². The van der Waals surface area contributed by atoms with E-state index in [4.69, 9.17) is 4.42 Å². The summed E-state index contributed by atoms with van der Waals surface area (Å²) in [6.45, 7) is 0. The lowest BCUT2D eigenvalue weighted by atomic mass is 9.98. The molecule has 0 spiro atoms. The Hall–Kier alpha value is -6.42. The second-order valence-electron chi connectivity index (χ2n) is 13.0. The van der Waals surface area contributed by atoms with Gasteiger partial charge in [-0.25, -0.2) is 0 Å². The largest absolute Gasteiger partial charge is 0.456 e. The number of hydrogen-bond acceptors (Lipinski definition) is 3. The van der Waals surface area contributed by atoms with Crippen LogP contribution in [0.3, 0.4) is 0 Å². The minimum absolute atomic E-state index is 0.912. The van der Waals surface area contributed by atoms with Gasteiger partial charge in [-0.05, 0) is 110 Å². The molecule has 3 heteroatoms. The lowest BCUT2D eigenvalue weighted by Gasteiger charge is -2.27. The van der Waals surface area contributed by atoms with Gasteiger partial charge in [-0.15, -0.1) is 11.3 Å². The number of hydrogen-bond donors (Lipinski definition) is 0. The lowest BCUT2D eigenvalue weighted by molar-refractivity contribution is 0.669. The highest BCUT2D eigenvalue weighted by Gasteiger charge is 2.19. The van der Waals surface area contributed by atoms with Crippen molar-refractivity contribution in [1.29, 1.82) is 0 Å². The highest BCUT2D eigenvalue weighted by Crippen LogP contribution is 2.45. The first-order chi connectivity index (χ1) is 25.3. The van der Waals surface area contributed by atoms with E-state index in [0.29, 0.717) is 0 Å². The highest BCUT2D eigenvalue weighted by atomic mass is 32.1. The molecule has 0 amide bonds. The fraction of sp³-hybridized carbons (Fsp3) is 0. The van der Waals surface area contributed by atoms with Crippen LogP contribution in [0.2, 0.25) is 0 Å². The van der Waals surface area contributed by atoms with Crippen molar-refractivity contribution in [2.75, 3.05) is 4.90 Å². The van der Waals surface area contributed by atoms with Crippen LogP contribution in [0.25, 0.3) is 76.2 Å². The maximum absolute atomic E-state index is 6.15. The summed E-state index contributed by atoms with van der Waals surface area (Å²) in [4.78, 5) is 2.40. The molecule has 2 aromatic heterocycles. The fourth-order valence-corrected chi connectivity index (χ4v) is 8.33. The molecule has 240 valence electrons. The predicted octanol–water partition coefficient (Wildman–Crippen LogP) is 14.4. The Morgan fingerprint density at radius 1 is 0.392 bits per heavy atom. The van der Waals surface area contributed by atoms with Crippen molar-refractivity contribution in [2.24, 2.45) is 0 Å². The number of thiophene rings is 1. The van der Waals surface area contributed by atoms with Crippen molar-refractivity contribution in [3.8, 4) is 33.4 Å². The quantitative estimate of drug-likeness (QED) is 0.175. The van der Waals surface area contributed by atoms with Crippen molar-refractivity contribution in [3.05, 3.63) is 187 Å². The van der Waals surface area contributed by atoms with E-state index in [0.717, 1.165) is 39.0 Å². The molecule has 0 saturated carbocycles. The normalized spacial score (nSPS) is 11.5. The molecule has 2 nitrogen and oxygen atoms in total. The Balaban J connectivity index is 1.09. The van der Waals surface area contributed by atoms with Gasteiger partial charge in [0.25, 0.3) is 0 Å². The molecular formula is C48H31NOS. The van der Waals surface area contributed by atoms with E-state index >= 15 is 0 Å². The Kier molecular flexibility index (Phi) is 7.04. The van der Waals surface area contributed by atoms with Gasteiger partial charge < -0.3 is 9.32 Å². The van der Waals surface area contributed by atoms with E-state index in [1.54, 1.807) is 11.3 Å². The van der Waals surface area contributed by atoms with Crippen molar-refractivity contribution < 1.29 is 4.42 Å². The zero-order valence-electron chi connectivity index (χ0n) is 27.7. The van der Waals surface area contributed by atoms with Crippen molar-refractivity contribution in [1.82, 2.24) is 0 Å². The Bertz CT molecular complexity index is 2850. The Labute approximate surface area is 300 Å². The first-order valence-electron chi connectivity index (χ1n) is 17.2. The molecule has 0 radical (unpaired) electrons. The van der Waals surface area contributed by atoms with Crippen LogP contribution in [-0.2, 0) is 0 Å². The number of fused-ring (bicyclic) bond motifs is 5. The van der Waals surface area contributed by atoms with Crippen molar-refractivity contribution in [3.63, 3.8) is 0 Å². The summed E-state index contributed by atoms with van der Waals surface area (Å²) in [5.74, 6) is 0. The van der Waals surface area contributed by atoms with Crippen LogP contribution in [0.1, 0.15) is 0 Å². The highest BCUT2D eigenvalue weighted by molar-refractivity contribution is 7.18. The summed E-state index contributed by atoms with van der Waals surface area (Å²) in [6, 6.07) is 65.4. The van der Waals surface area contributed by atoms with Crippen molar-refractivity contribution >= 4 is 71.2 Å². The van der Waals surface area contributed by atoms with Crippen LogP contribution in [0.5, 0.6) is 0 Å². The first-order valence-corrected chi connectivity index (χ1v) is 18.1. The maximum Gasteiger partial charge on any atom is 0.135 e. The SMILES string of the molecule is c1ccc(-c2ccc(N(c3ccc(-c4ccc5ccccc5c4)cc3)c3ccc(-c4ccc5oc6ccccc6c5c4)c4ccsc34)cc2)cc1. The smallest absolute Gasteiger partial charge is 0.135 e. The first kappa shape index (κ1) is 29.5. The third-order valence-electron chi connectivity index (χ3n) is 9.97. The summed E-state index contributed by atoms with van der Waals surface area (Å²) < 4.78 is 7.40. The number of benzene rings is 8. The summed E-state index contributed by atoms with van der Waals surface area (Å²) in [5.41, 5.74) is 12.4. The molecular weight excluding hydrogens is 639 g/mol. The van der Waals surface area contributed by atoms with E-state index in [1.807, 2.05) is 12.1 Å². The van der Waals surface area contributed by atoms with Crippen LogP contribution in [0.4, 0.5) is 17.1 Å².